The van der Waals surface area contributed by atoms with E-state index in [0.29, 0.717) is 12.5 Å². The Morgan fingerprint density at radius 3 is 2.38 bits per heavy atom. The first-order valence-corrected chi connectivity index (χ1v) is 10.4. The van der Waals surface area contributed by atoms with Gasteiger partial charge in [-0.25, -0.2) is 9.69 Å². The summed E-state index contributed by atoms with van der Waals surface area (Å²) in [7, 11) is 0. The lowest BCUT2D eigenvalue weighted by Crippen LogP contribution is -2.43. The largest absolute Gasteiger partial charge is 0.334 e. The highest BCUT2D eigenvalue weighted by atomic mass is 16.2. The molecule has 1 heterocycles. The van der Waals surface area contributed by atoms with Crippen LogP contribution in [-0.2, 0) is 0 Å². The number of anilines is 2. The van der Waals surface area contributed by atoms with E-state index in [1.54, 1.807) is 0 Å². The van der Waals surface area contributed by atoms with Crippen molar-refractivity contribution in [1.29, 1.82) is 0 Å². The number of para-hydroxylation sites is 1. The van der Waals surface area contributed by atoms with Crippen LogP contribution in [0.3, 0.4) is 0 Å². The third-order valence-electron chi connectivity index (χ3n) is 5.51. The standard InChI is InChI=1S/C24H32N4O/c1-17(2)22(15-25-24(29)26-21-9-7-6-8-10-21)27-11-12-28(16-27)23-19(4)13-18(3)14-20(23)5/h6-10,13-14,16-17,22H,11-12,15H2,1-5H3,(H-,25,26,29)/p+1/t22-/m1/s1. The molecule has 3 rings (SSSR count). The van der Waals surface area contributed by atoms with Crippen molar-refractivity contribution in [3.8, 4) is 0 Å². The molecule has 0 saturated carbocycles. The Hall–Kier alpha value is -2.82. The third kappa shape index (κ3) is 5.17. The molecular weight excluding hydrogens is 360 g/mol. The summed E-state index contributed by atoms with van der Waals surface area (Å²) in [5.41, 5.74) is 6.02. The van der Waals surface area contributed by atoms with Gasteiger partial charge in [0.05, 0.1) is 6.54 Å². The van der Waals surface area contributed by atoms with Crippen molar-refractivity contribution in [2.45, 2.75) is 40.7 Å². The smallest absolute Gasteiger partial charge is 0.319 e. The van der Waals surface area contributed by atoms with Crippen LogP contribution >= 0.6 is 0 Å². The minimum absolute atomic E-state index is 0.164. The fourth-order valence-corrected chi connectivity index (χ4v) is 4.19. The molecule has 0 spiro atoms. The number of nitrogens with zero attached hydrogens (tertiary/aromatic N) is 2. The highest BCUT2D eigenvalue weighted by molar-refractivity contribution is 5.89. The summed E-state index contributed by atoms with van der Waals surface area (Å²) in [6, 6.07) is 14.1. The Morgan fingerprint density at radius 1 is 1.10 bits per heavy atom. The van der Waals surface area contributed by atoms with Gasteiger partial charge in [-0.2, -0.15) is 0 Å². The van der Waals surface area contributed by atoms with Crippen molar-refractivity contribution < 1.29 is 9.37 Å². The van der Waals surface area contributed by atoms with Gasteiger partial charge in [-0.15, -0.1) is 0 Å². The zero-order valence-corrected chi connectivity index (χ0v) is 18.2. The first-order chi connectivity index (χ1) is 13.8. The predicted octanol–water partition coefficient (Wildman–Crippen LogP) is 4.32. The molecule has 2 aromatic carbocycles. The fourth-order valence-electron chi connectivity index (χ4n) is 4.19. The number of aryl methyl sites for hydroxylation is 3. The molecule has 1 atom stereocenters. The van der Waals surface area contributed by atoms with Crippen LogP contribution in [0, 0.1) is 26.7 Å². The average molecular weight is 394 g/mol. The molecule has 0 aliphatic carbocycles. The number of rotatable bonds is 6. The summed E-state index contributed by atoms with van der Waals surface area (Å²) >= 11 is 0. The Bertz CT molecular complexity index is 866. The quantitative estimate of drug-likeness (QED) is 0.718. The van der Waals surface area contributed by atoms with E-state index >= 15 is 0 Å². The van der Waals surface area contributed by atoms with E-state index in [2.05, 4.69) is 73.2 Å². The zero-order chi connectivity index (χ0) is 21.0. The topological polar surface area (TPSA) is 47.4 Å². The Labute approximate surface area is 174 Å². The number of hydrogen-bond acceptors (Lipinski definition) is 2. The van der Waals surface area contributed by atoms with Crippen molar-refractivity contribution >= 4 is 23.7 Å². The van der Waals surface area contributed by atoms with Crippen molar-refractivity contribution in [3.05, 3.63) is 59.2 Å². The van der Waals surface area contributed by atoms with Crippen LogP contribution in [0.15, 0.2) is 42.5 Å². The number of hydrogen-bond donors (Lipinski definition) is 2. The second-order valence-corrected chi connectivity index (χ2v) is 8.31. The minimum atomic E-state index is -0.164. The van der Waals surface area contributed by atoms with Crippen molar-refractivity contribution in [1.82, 2.24) is 5.32 Å². The van der Waals surface area contributed by atoms with Gasteiger partial charge < -0.3 is 10.6 Å². The van der Waals surface area contributed by atoms with E-state index in [9.17, 15) is 4.79 Å². The molecule has 5 heteroatoms. The number of urea groups is 1. The molecule has 1 aliphatic heterocycles. The molecule has 0 bridgehead atoms. The van der Waals surface area contributed by atoms with Gasteiger partial charge in [-0.1, -0.05) is 49.7 Å². The molecule has 2 aromatic rings. The van der Waals surface area contributed by atoms with Gasteiger partial charge in [-0.05, 0) is 49.9 Å². The minimum Gasteiger partial charge on any atom is -0.334 e. The van der Waals surface area contributed by atoms with E-state index < -0.39 is 0 Å². The summed E-state index contributed by atoms with van der Waals surface area (Å²) in [5, 5.41) is 5.94. The number of carbonyl (C=O) groups excluding carboxylic acids is 1. The number of carbonyl (C=O) groups is 1. The van der Waals surface area contributed by atoms with Gasteiger partial charge in [0.15, 0.2) is 0 Å². The summed E-state index contributed by atoms with van der Waals surface area (Å²) in [5.74, 6) is 0.420. The molecule has 0 fully saturated rings. The van der Waals surface area contributed by atoms with E-state index in [0.717, 1.165) is 18.8 Å². The molecule has 29 heavy (non-hydrogen) atoms. The maximum absolute atomic E-state index is 12.3. The van der Waals surface area contributed by atoms with Crippen molar-refractivity contribution in [3.63, 3.8) is 0 Å². The van der Waals surface area contributed by atoms with Crippen LogP contribution in [0.2, 0.25) is 0 Å². The molecule has 0 radical (unpaired) electrons. The summed E-state index contributed by atoms with van der Waals surface area (Å²) in [6.07, 6.45) is 2.23. The van der Waals surface area contributed by atoms with E-state index in [1.165, 1.54) is 22.4 Å². The van der Waals surface area contributed by atoms with Crippen LogP contribution < -0.4 is 15.5 Å². The van der Waals surface area contributed by atoms with E-state index in [1.807, 2.05) is 30.3 Å². The van der Waals surface area contributed by atoms with E-state index in [-0.39, 0.29) is 12.1 Å². The molecule has 0 aromatic heterocycles. The van der Waals surface area contributed by atoms with Crippen LogP contribution in [0.4, 0.5) is 16.2 Å². The van der Waals surface area contributed by atoms with Gasteiger partial charge in [0.2, 0.25) is 6.34 Å². The Kier molecular flexibility index (Phi) is 6.57. The van der Waals surface area contributed by atoms with Crippen LogP contribution in [-0.4, -0.2) is 42.6 Å². The number of nitrogens with one attached hydrogen (secondary N) is 2. The van der Waals surface area contributed by atoms with Gasteiger partial charge in [-0.3, -0.25) is 4.58 Å². The van der Waals surface area contributed by atoms with Crippen LogP contribution in [0.1, 0.15) is 30.5 Å². The lowest BCUT2D eigenvalue weighted by Gasteiger charge is -2.21. The molecule has 2 N–H and O–H groups in total. The summed E-state index contributed by atoms with van der Waals surface area (Å²) in [4.78, 5) is 14.7. The third-order valence-corrected chi connectivity index (χ3v) is 5.51. The lowest BCUT2D eigenvalue weighted by molar-refractivity contribution is -0.558. The Morgan fingerprint density at radius 2 is 1.76 bits per heavy atom. The van der Waals surface area contributed by atoms with Gasteiger partial charge in [0.1, 0.15) is 24.8 Å². The molecular formula is C24H33N4O+. The van der Waals surface area contributed by atoms with Gasteiger partial charge in [0.25, 0.3) is 0 Å². The Balaban J connectivity index is 1.68. The highest BCUT2D eigenvalue weighted by Crippen LogP contribution is 2.27. The first-order valence-electron chi connectivity index (χ1n) is 10.4. The zero-order valence-electron chi connectivity index (χ0n) is 18.2. The maximum Gasteiger partial charge on any atom is 0.319 e. The number of amides is 2. The average Bonchev–Trinajstić information content (AvgIpc) is 3.10. The molecule has 0 saturated heterocycles. The van der Waals surface area contributed by atoms with Gasteiger partial charge >= 0.3 is 6.03 Å². The van der Waals surface area contributed by atoms with Crippen LogP contribution in [0.25, 0.3) is 0 Å². The fraction of sp³-hybridized carbons (Fsp3) is 0.417. The van der Waals surface area contributed by atoms with Crippen LogP contribution in [0.5, 0.6) is 0 Å². The summed E-state index contributed by atoms with van der Waals surface area (Å²) in [6.45, 7) is 13.4. The monoisotopic (exact) mass is 393 g/mol. The molecule has 154 valence electrons. The molecule has 1 aliphatic rings. The normalized spacial score (nSPS) is 14.7. The second-order valence-electron chi connectivity index (χ2n) is 8.31. The SMILES string of the molecule is Cc1cc(C)c(N2C=[N+]([C@H](CNC(=O)Nc3ccccc3)C(C)C)CC2)c(C)c1. The molecule has 0 unspecified atom stereocenters. The molecule has 2 amide bonds. The van der Waals surface area contributed by atoms with Crippen molar-refractivity contribution in [2.24, 2.45) is 5.92 Å². The maximum atomic E-state index is 12.3. The van der Waals surface area contributed by atoms with Crippen molar-refractivity contribution in [2.75, 3.05) is 29.9 Å². The lowest BCUT2D eigenvalue weighted by atomic mass is 10.0. The molecule has 5 nitrogen and oxygen atoms in total. The highest BCUT2D eigenvalue weighted by Gasteiger charge is 2.30. The predicted molar refractivity (Wildman–Crippen MR) is 121 cm³/mol. The van der Waals surface area contributed by atoms with E-state index in [4.69, 9.17) is 0 Å². The summed E-state index contributed by atoms with van der Waals surface area (Å²) < 4.78 is 2.37. The number of benzene rings is 2. The second kappa shape index (κ2) is 9.12. The van der Waals surface area contributed by atoms with Gasteiger partial charge in [0, 0.05) is 5.69 Å². The first kappa shape index (κ1) is 20.9.